The molecule has 2 aromatic rings. The highest BCUT2D eigenvalue weighted by molar-refractivity contribution is 14.1. The monoisotopic (exact) mass is 524 g/mol. The van der Waals surface area contributed by atoms with Crippen molar-refractivity contribution >= 4 is 40.4 Å². The number of alkyl halides is 1. The summed E-state index contributed by atoms with van der Waals surface area (Å²) in [6.07, 6.45) is 0.260. The number of ether oxygens (including phenoxy) is 1. The van der Waals surface area contributed by atoms with Crippen molar-refractivity contribution in [2.24, 2.45) is 0 Å². The van der Waals surface area contributed by atoms with Gasteiger partial charge >= 0.3 is 5.97 Å². The first kappa shape index (κ1) is 23.7. The second kappa shape index (κ2) is 11.0. The Morgan fingerprint density at radius 2 is 1.70 bits per heavy atom. The molecule has 0 saturated carbocycles. The molecule has 0 aromatic heterocycles. The molecule has 0 saturated heterocycles. The number of hydrogen-bond donors (Lipinski definition) is 3. The van der Waals surface area contributed by atoms with Crippen LogP contribution in [-0.2, 0) is 15.6 Å². The molecule has 0 spiro atoms. The number of rotatable bonds is 9. The van der Waals surface area contributed by atoms with Gasteiger partial charge in [-0.2, -0.15) is 0 Å². The first-order chi connectivity index (χ1) is 14.2. The second-order valence-corrected chi connectivity index (χ2v) is 7.73. The van der Waals surface area contributed by atoms with Crippen LogP contribution in [0.1, 0.15) is 45.7 Å². The van der Waals surface area contributed by atoms with Crippen molar-refractivity contribution < 1.29 is 24.2 Å². The number of likely N-dealkylation sites (N-methyl/N-ethyl adjacent to an activating group) is 1. The van der Waals surface area contributed by atoms with Crippen LogP contribution in [0.4, 0.5) is 0 Å². The van der Waals surface area contributed by atoms with E-state index in [2.05, 4.69) is 33.2 Å². The van der Waals surface area contributed by atoms with E-state index in [4.69, 9.17) is 9.84 Å². The molecule has 0 aliphatic rings. The summed E-state index contributed by atoms with van der Waals surface area (Å²) < 4.78 is 6.45. The largest absolute Gasteiger partial charge is 0.491 e. The number of carboxylic acids is 1. The molecule has 2 aromatic carbocycles. The van der Waals surface area contributed by atoms with E-state index >= 15 is 0 Å². The van der Waals surface area contributed by atoms with Crippen LogP contribution in [0.15, 0.2) is 42.5 Å². The van der Waals surface area contributed by atoms with Gasteiger partial charge in [0.25, 0.3) is 5.91 Å². The number of halogens is 1. The van der Waals surface area contributed by atoms with E-state index in [9.17, 15) is 14.4 Å². The maximum absolute atomic E-state index is 12.8. The van der Waals surface area contributed by atoms with Crippen LogP contribution in [0.25, 0.3) is 0 Å². The maximum atomic E-state index is 12.8. The fraction of sp³-hybridized carbons (Fsp3) is 0.318. The predicted molar refractivity (Wildman–Crippen MR) is 122 cm³/mol. The van der Waals surface area contributed by atoms with Gasteiger partial charge in [-0.15, -0.1) is 0 Å². The Balaban J connectivity index is 2.18. The van der Waals surface area contributed by atoms with Gasteiger partial charge in [0.05, 0.1) is 11.7 Å². The van der Waals surface area contributed by atoms with Crippen LogP contribution in [0.2, 0.25) is 0 Å². The molecular weight excluding hydrogens is 499 g/mol. The minimum atomic E-state index is -1.02. The number of amides is 2. The Morgan fingerprint density at radius 3 is 2.23 bits per heavy atom. The first-order valence-corrected chi connectivity index (χ1v) is 11.0. The van der Waals surface area contributed by atoms with E-state index in [0.29, 0.717) is 9.99 Å². The van der Waals surface area contributed by atoms with Crippen LogP contribution in [0.5, 0.6) is 5.75 Å². The highest BCUT2D eigenvalue weighted by Crippen LogP contribution is 2.24. The van der Waals surface area contributed by atoms with E-state index in [-0.39, 0.29) is 29.9 Å². The topological polar surface area (TPSA) is 105 Å². The molecule has 0 unspecified atom stereocenters. The lowest BCUT2D eigenvalue weighted by Gasteiger charge is -2.19. The van der Waals surface area contributed by atoms with Crippen molar-refractivity contribution in [1.29, 1.82) is 0 Å². The van der Waals surface area contributed by atoms with Crippen LogP contribution < -0.4 is 15.4 Å². The molecule has 7 nitrogen and oxygen atoms in total. The number of benzene rings is 2. The quantitative estimate of drug-likeness (QED) is 0.345. The molecule has 160 valence electrons. The lowest BCUT2D eigenvalue weighted by Crippen LogP contribution is -2.47. The minimum Gasteiger partial charge on any atom is -0.491 e. The van der Waals surface area contributed by atoms with Crippen LogP contribution >= 0.6 is 22.6 Å². The van der Waals surface area contributed by atoms with Gasteiger partial charge in [-0.3, -0.25) is 9.59 Å². The molecule has 0 aliphatic carbocycles. The average molecular weight is 524 g/mol. The molecule has 3 N–H and O–H groups in total. The number of hydrogen-bond acceptors (Lipinski definition) is 4. The molecule has 0 fully saturated rings. The van der Waals surface area contributed by atoms with Gasteiger partial charge in [-0.25, -0.2) is 4.79 Å². The Bertz CT molecular complexity index is 912. The lowest BCUT2D eigenvalue weighted by atomic mass is 10.0. The average Bonchev–Trinajstić information content (AvgIpc) is 2.72. The van der Waals surface area contributed by atoms with Crippen molar-refractivity contribution in [3.63, 3.8) is 0 Å². The third-order valence-electron chi connectivity index (χ3n) is 4.34. The summed E-state index contributed by atoms with van der Waals surface area (Å²) in [5.41, 5.74) is 2.24. The van der Waals surface area contributed by atoms with E-state index in [1.165, 1.54) is 19.2 Å². The van der Waals surface area contributed by atoms with Crippen LogP contribution in [0, 0.1) is 0 Å². The van der Waals surface area contributed by atoms with Gasteiger partial charge in [-0.1, -0.05) is 34.7 Å². The molecular formula is C22H25IN2O5. The van der Waals surface area contributed by atoms with Crippen molar-refractivity contribution in [3.05, 3.63) is 64.7 Å². The SMILES string of the molecule is CNC(=O)[C@H](Cc1ccc(C(=O)O)cc1)NC(=O)c1ccc(OC(C)C)c(CI)c1. The molecule has 30 heavy (non-hydrogen) atoms. The van der Waals surface area contributed by atoms with E-state index in [0.717, 1.165) is 16.9 Å². The van der Waals surface area contributed by atoms with Crippen molar-refractivity contribution in [2.45, 2.75) is 36.8 Å². The van der Waals surface area contributed by atoms with E-state index < -0.39 is 12.0 Å². The van der Waals surface area contributed by atoms with E-state index in [1.807, 2.05) is 13.8 Å². The maximum Gasteiger partial charge on any atom is 0.335 e. The number of carboxylic acid groups (broad SMARTS) is 1. The third-order valence-corrected chi connectivity index (χ3v) is 5.16. The zero-order chi connectivity index (χ0) is 22.3. The third kappa shape index (κ3) is 6.45. The molecule has 2 amide bonds. The smallest absolute Gasteiger partial charge is 0.335 e. The Kier molecular flexibility index (Phi) is 8.64. The van der Waals surface area contributed by atoms with Crippen molar-refractivity contribution in [2.75, 3.05) is 7.05 Å². The highest BCUT2D eigenvalue weighted by Gasteiger charge is 2.22. The number of nitrogens with one attached hydrogen (secondary N) is 2. The standard InChI is InChI=1S/C22H25IN2O5/c1-13(2)30-19-9-8-16(11-17(19)12-23)20(26)25-18(21(27)24-3)10-14-4-6-15(7-5-14)22(28)29/h4-9,11,13,18H,10,12H2,1-3H3,(H,24,27)(H,25,26)(H,28,29)/t18-/m0/s1. The summed E-state index contributed by atoms with van der Waals surface area (Å²) in [6, 6.07) is 10.6. The molecule has 1 atom stereocenters. The predicted octanol–water partition coefficient (Wildman–Crippen LogP) is 3.19. The van der Waals surface area contributed by atoms with Gasteiger partial charge < -0.3 is 20.5 Å². The van der Waals surface area contributed by atoms with Gasteiger partial charge in [0.15, 0.2) is 0 Å². The molecule has 0 bridgehead atoms. The summed E-state index contributed by atoms with van der Waals surface area (Å²) >= 11 is 2.21. The van der Waals surface area contributed by atoms with E-state index in [1.54, 1.807) is 30.3 Å². The minimum absolute atomic E-state index is 0.0246. The summed E-state index contributed by atoms with van der Waals surface area (Å²) in [7, 11) is 1.50. The fourth-order valence-corrected chi connectivity index (χ4v) is 3.43. The van der Waals surface area contributed by atoms with Gasteiger partial charge in [0.1, 0.15) is 11.8 Å². The van der Waals surface area contributed by atoms with Gasteiger partial charge in [0.2, 0.25) is 5.91 Å². The van der Waals surface area contributed by atoms with Crippen LogP contribution in [0.3, 0.4) is 0 Å². The second-order valence-electron chi connectivity index (χ2n) is 6.97. The zero-order valence-corrected chi connectivity index (χ0v) is 19.2. The Labute approximate surface area is 189 Å². The zero-order valence-electron chi connectivity index (χ0n) is 17.1. The summed E-state index contributed by atoms with van der Waals surface area (Å²) in [5, 5.41) is 14.3. The summed E-state index contributed by atoms with van der Waals surface area (Å²) in [6.45, 7) is 3.88. The van der Waals surface area contributed by atoms with Gasteiger partial charge in [0, 0.05) is 29.0 Å². The molecule has 8 heteroatoms. The summed E-state index contributed by atoms with van der Waals surface area (Å²) in [5.74, 6) is -0.988. The van der Waals surface area contributed by atoms with Crippen molar-refractivity contribution in [1.82, 2.24) is 10.6 Å². The lowest BCUT2D eigenvalue weighted by molar-refractivity contribution is -0.122. The number of carbonyl (C=O) groups is 3. The summed E-state index contributed by atoms with van der Waals surface area (Å²) in [4.78, 5) is 36.1. The van der Waals surface area contributed by atoms with Crippen molar-refractivity contribution in [3.8, 4) is 5.75 Å². The molecule has 2 rings (SSSR count). The normalized spacial score (nSPS) is 11.6. The van der Waals surface area contributed by atoms with Crippen LogP contribution in [-0.4, -0.2) is 42.1 Å². The molecule has 0 heterocycles. The Morgan fingerprint density at radius 1 is 1.07 bits per heavy atom. The molecule has 0 aliphatic heterocycles. The molecule has 0 radical (unpaired) electrons. The number of carbonyl (C=O) groups excluding carboxylic acids is 2. The first-order valence-electron chi connectivity index (χ1n) is 9.45. The number of aromatic carboxylic acids is 1. The van der Waals surface area contributed by atoms with Gasteiger partial charge in [-0.05, 0) is 49.7 Å². The Hall–Kier alpha value is -2.62. The highest BCUT2D eigenvalue weighted by atomic mass is 127. The fourth-order valence-electron chi connectivity index (χ4n) is 2.84.